The predicted octanol–water partition coefficient (Wildman–Crippen LogP) is 0.518. The highest BCUT2D eigenvalue weighted by Crippen LogP contribution is 2.31. The third-order valence-corrected chi connectivity index (χ3v) is 3.40. The summed E-state index contributed by atoms with van der Waals surface area (Å²) in [6.07, 6.45) is 4.45. The number of hydrogen-bond donors (Lipinski definition) is 1. The van der Waals surface area contributed by atoms with E-state index in [0.29, 0.717) is 25.7 Å². The van der Waals surface area contributed by atoms with E-state index < -0.39 is 11.8 Å². The van der Waals surface area contributed by atoms with Crippen LogP contribution in [0.3, 0.4) is 0 Å². The van der Waals surface area contributed by atoms with Crippen LogP contribution in [0.5, 0.6) is 0 Å². The molecule has 3 heterocycles. The lowest BCUT2D eigenvalue weighted by Gasteiger charge is -2.38. The first-order valence-electron chi connectivity index (χ1n) is 6.27. The quantitative estimate of drug-likeness (QED) is 0.834. The number of carboxylic acid groups (broad SMARTS) is 1. The lowest BCUT2D eigenvalue weighted by atomic mass is 10.1. The fourth-order valence-electron chi connectivity index (χ4n) is 2.49. The maximum atomic E-state index is 10.8. The summed E-state index contributed by atoms with van der Waals surface area (Å²) in [6, 6.07) is 0. The van der Waals surface area contributed by atoms with Crippen LogP contribution in [0.1, 0.15) is 23.2 Å². The van der Waals surface area contributed by atoms with E-state index in [9.17, 15) is 4.79 Å². The van der Waals surface area contributed by atoms with Gasteiger partial charge >= 0.3 is 5.97 Å². The maximum Gasteiger partial charge on any atom is 0.338 e. The highest BCUT2D eigenvalue weighted by molar-refractivity contribution is 5.86. The summed E-state index contributed by atoms with van der Waals surface area (Å²) in [6.45, 7) is 2.64. The van der Waals surface area contributed by atoms with E-state index in [1.54, 1.807) is 0 Å². The van der Waals surface area contributed by atoms with Gasteiger partial charge in [-0.3, -0.25) is 0 Å². The Labute approximate surface area is 110 Å². The van der Waals surface area contributed by atoms with Crippen molar-refractivity contribution >= 4 is 11.9 Å². The Morgan fingerprint density at radius 2 is 2.00 bits per heavy atom. The molecule has 0 amide bonds. The molecule has 0 saturated carbocycles. The standard InChI is InChI=1S/C12H15N3O4/c16-10(17)9-6-13-11(14-7-9)15-3-1-2-12(8-15)18-4-5-19-12/h6-7H,1-5,8H2,(H,16,17). The van der Waals surface area contributed by atoms with Crippen LogP contribution in [0.25, 0.3) is 0 Å². The molecule has 0 atom stereocenters. The molecule has 0 radical (unpaired) electrons. The number of anilines is 1. The van der Waals surface area contributed by atoms with Crippen LogP contribution < -0.4 is 4.90 Å². The SMILES string of the molecule is O=C(O)c1cnc(N2CCCC3(C2)OCCO3)nc1. The highest BCUT2D eigenvalue weighted by Gasteiger charge is 2.41. The third kappa shape index (κ3) is 2.39. The minimum absolute atomic E-state index is 0.0869. The molecule has 7 nitrogen and oxygen atoms in total. The molecule has 2 aliphatic rings. The summed E-state index contributed by atoms with van der Waals surface area (Å²) < 4.78 is 11.4. The molecule has 1 aromatic heterocycles. The molecule has 2 saturated heterocycles. The molecule has 0 aliphatic carbocycles. The van der Waals surface area contributed by atoms with Crippen molar-refractivity contribution < 1.29 is 19.4 Å². The average molecular weight is 265 g/mol. The van der Waals surface area contributed by atoms with Crippen molar-refractivity contribution in [2.24, 2.45) is 0 Å². The first-order valence-corrected chi connectivity index (χ1v) is 6.27. The molecule has 1 N–H and O–H groups in total. The fourth-order valence-corrected chi connectivity index (χ4v) is 2.49. The third-order valence-electron chi connectivity index (χ3n) is 3.40. The van der Waals surface area contributed by atoms with Crippen molar-refractivity contribution in [3.05, 3.63) is 18.0 Å². The number of piperidine rings is 1. The second-order valence-corrected chi connectivity index (χ2v) is 4.71. The maximum absolute atomic E-state index is 10.8. The molecule has 19 heavy (non-hydrogen) atoms. The Hall–Kier alpha value is -1.73. The Balaban J connectivity index is 1.76. The van der Waals surface area contributed by atoms with Gasteiger partial charge in [0.2, 0.25) is 5.95 Å². The summed E-state index contributed by atoms with van der Waals surface area (Å²) in [5.41, 5.74) is 0.0869. The number of aromatic carboxylic acids is 1. The summed E-state index contributed by atoms with van der Waals surface area (Å²) in [4.78, 5) is 20.9. The van der Waals surface area contributed by atoms with E-state index in [2.05, 4.69) is 9.97 Å². The van der Waals surface area contributed by atoms with Gasteiger partial charge in [0.1, 0.15) is 0 Å². The lowest BCUT2D eigenvalue weighted by Crippen LogP contribution is -2.49. The van der Waals surface area contributed by atoms with Crippen LogP contribution in [-0.2, 0) is 9.47 Å². The number of carboxylic acids is 1. The molecule has 2 aliphatic heterocycles. The van der Waals surface area contributed by atoms with Gasteiger partial charge in [0, 0.05) is 25.4 Å². The van der Waals surface area contributed by atoms with Gasteiger partial charge in [-0.15, -0.1) is 0 Å². The minimum Gasteiger partial charge on any atom is -0.478 e. The van der Waals surface area contributed by atoms with Gasteiger partial charge in [0.25, 0.3) is 0 Å². The molecular weight excluding hydrogens is 250 g/mol. The molecule has 7 heteroatoms. The first-order chi connectivity index (χ1) is 9.19. The molecule has 2 fully saturated rings. The average Bonchev–Trinajstić information content (AvgIpc) is 2.87. The molecule has 102 valence electrons. The minimum atomic E-state index is -1.02. The number of rotatable bonds is 2. The Morgan fingerprint density at radius 1 is 1.32 bits per heavy atom. The van der Waals surface area contributed by atoms with Crippen LogP contribution in [0.2, 0.25) is 0 Å². The molecule has 0 aromatic carbocycles. The van der Waals surface area contributed by atoms with Gasteiger partial charge in [0.05, 0.1) is 25.3 Å². The van der Waals surface area contributed by atoms with E-state index in [4.69, 9.17) is 14.6 Å². The Kier molecular flexibility index (Phi) is 3.08. The van der Waals surface area contributed by atoms with Crippen molar-refractivity contribution in [2.45, 2.75) is 18.6 Å². The smallest absolute Gasteiger partial charge is 0.338 e. The summed E-state index contributed by atoms with van der Waals surface area (Å²) >= 11 is 0. The molecule has 3 rings (SSSR count). The number of carbonyl (C=O) groups is 1. The van der Waals surface area contributed by atoms with Crippen molar-refractivity contribution in [2.75, 3.05) is 31.2 Å². The largest absolute Gasteiger partial charge is 0.478 e. The van der Waals surface area contributed by atoms with E-state index in [1.807, 2.05) is 4.90 Å². The van der Waals surface area contributed by atoms with Crippen LogP contribution in [0.15, 0.2) is 12.4 Å². The zero-order valence-electron chi connectivity index (χ0n) is 10.4. The second-order valence-electron chi connectivity index (χ2n) is 4.71. The number of nitrogens with zero attached hydrogens (tertiary/aromatic N) is 3. The Bertz CT molecular complexity index is 470. The first kappa shape index (κ1) is 12.3. The predicted molar refractivity (Wildman–Crippen MR) is 65.1 cm³/mol. The van der Waals surface area contributed by atoms with Crippen LogP contribution in [0, 0.1) is 0 Å². The van der Waals surface area contributed by atoms with Gasteiger partial charge < -0.3 is 19.5 Å². The van der Waals surface area contributed by atoms with Crippen LogP contribution in [-0.4, -0.2) is 53.1 Å². The molecule has 1 spiro atoms. The van der Waals surface area contributed by atoms with Gasteiger partial charge in [-0.2, -0.15) is 0 Å². The molecular formula is C12H15N3O4. The monoisotopic (exact) mass is 265 g/mol. The van der Waals surface area contributed by atoms with E-state index >= 15 is 0 Å². The fraction of sp³-hybridized carbons (Fsp3) is 0.583. The van der Waals surface area contributed by atoms with Gasteiger partial charge in [-0.1, -0.05) is 0 Å². The van der Waals surface area contributed by atoms with Crippen molar-refractivity contribution in [3.8, 4) is 0 Å². The van der Waals surface area contributed by atoms with Crippen LogP contribution in [0.4, 0.5) is 5.95 Å². The van der Waals surface area contributed by atoms with Gasteiger partial charge in [-0.25, -0.2) is 14.8 Å². The number of aromatic nitrogens is 2. The second kappa shape index (κ2) is 4.75. The van der Waals surface area contributed by atoms with E-state index in [1.165, 1.54) is 12.4 Å². The summed E-state index contributed by atoms with van der Waals surface area (Å²) in [7, 11) is 0. The Morgan fingerprint density at radius 3 is 2.63 bits per heavy atom. The zero-order chi connectivity index (χ0) is 13.3. The highest BCUT2D eigenvalue weighted by atomic mass is 16.7. The van der Waals surface area contributed by atoms with Crippen molar-refractivity contribution in [1.29, 1.82) is 0 Å². The van der Waals surface area contributed by atoms with E-state index in [0.717, 1.165) is 19.4 Å². The lowest BCUT2D eigenvalue weighted by molar-refractivity contribution is -0.161. The summed E-state index contributed by atoms with van der Waals surface area (Å²) in [5, 5.41) is 8.82. The molecule has 1 aromatic rings. The molecule has 0 unspecified atom stereocenters. The topological polar surface area (TPSA) is 84.8 Å². The molecule has 0 bridgehead atoms. The number of ether oxygens (including phenoxy) is 2. The van der Waals surface area contributed by atoms with Crippen molar-refractivity contribution in [3.63, 3.8) is 0 Å². The van der Waals surface area contributed by atoms with E-state index in [-0.39, 0.29) is 5.56 Å². The zero-order valence-corrected chi connectivity index (χ0v) is 10.4. The van der Waals surface area contributed by atoms with Gasteiger partial charge in [0.15, 0.2) is 5.79 Å². The normalized spacial score (nSPS) is 21.8. The summed E-state index contributed by atoms with van der Waals surface area (Å²) in [5.74, 6) is -1.04. The van der Waals surface area contributed by atoms with Crippen LogP contribution >= 0.6 is 0 Å². The van der Waals surface area contributed by atoms with Gasteiger partial charge in [-0.05, 0) is 6.42 Å². The number of hydrogen-bond acceptors (Lipinski definition) is 6. The van der Waals surface area contributed by atoms with Crippen molar-refractivity contribution in [1.82, 2.24) is 9.97 Å².